The largest absolute Gasteiger partial charge is 0.383 e. The van der Waals surface area contributed by atoms with Gasteiger partial charge in [0, 0.05) is 39.3 Å². The van der Waals surface area contributed by atoms with Gasteiger partial charge in [0.1, 0.15) is 0 Å². The lowest BCUT2D eigenvalue weighted by Crippen LogP contribution is -2.61. The van der Waals surface area contributed by atoms with E-state index in [4.69, 9.17) is 10.5 Å². The first-order valence-electron chi connectivity index (χ1n) is 10.1. The zero-order valence-electron chi connectivity index (χ0n) is 16.0. The van der Waals surface area contributed by atoms with Gasteiger partial charge in [-0.1, -0.05) is 0 Å². The molecule has 3 rings (SSSR count). The van der Waals surface area contributed by atoms with Gasteiger partial charge >= 0.3 is 0 Å². The Hall–Kier alpha value is -1.18. The Morgan fingerprint density at radius 2 is 1.88 bits per heavy atom. The average Bonchev–Trinajstić information content (AvgIpc) is 2.66. The van der Waals surface area contributed by atoms with Crippen LogP contribution in [0.1, 0.15) is 44.9 Å². The van der Waals surface area contributed by atoms with Crippen molar-refractivity contribution >= 4 is 11.8 Å². The third-order valence-corrected chi connectivity index (χ3v) is 6.37. The van der Waals surface area contributed by atoms with E-state index in [1.54, 1.807) is 7.11 Å². The van der Waals surface area contributed by atoms with Crippen LogP contribution in [-0.4, -0.2) is 79.6 Å². The van der Waals surface area contributed by atoms with Crippen molar-refractivity contribution in [2.24, 2.45) is 11.7 Å². The van der Waals surface area contributed by atoms with Crippen LogP contribution in [0.25, 0.3) is 0 Å². The van der Waals surface area contributed by atoms with Crippen LogP contribution >= 0.6 is 0 Å². The van der Waals surface area contributed by atoms with E-state index in [0.29, 0.717) is 19.2 Å². The molecule has 0 aromatic heterocycles. The normalized spacial score (nSPS) is 27.0. The van der Waals surface area contributed by atoms with Gasteiger partial charge in [0.2, 0.25) is 11.8 Å². The molecule has 0 aromatic carbocycles. The SMILES string of the molecule is COCCNC(=O)[C@@H]1CCCN(C2CCN(C(=O)C3(N)CCC3)CC2)C1. The summed E-state index contributed by atoms with van der Waals surface area (Å²) in [5.74, 6) is 0.369. The minimum atomic E-state index is -0.580. The van der Waals surface area contributed by atoms with E-state index in [1.807, 2.05) is 4.90 Å². The van der Waals surface area contributed by atoms with Crippen LogP contribution in [0, 0.1) is 5.92 Å². The minimum absolute atomic E-state index is 0.0718. The van der Waals surface area contributed by atoms with Crippen LogP contribution in [0.3, 0.4) is 0 Å². The van der Waals surface area contributed by atoms with Crippen molar-refractivity contribution < 1.29 is 14.3 Å². The number of amides is 2. The number of carbonyl (C=O) groups is 2. The second-order valence-corrected chi connectivity index (χ2v) is 8.15. The molecule has 2 saturated heterocycles. The molecule has 2 aliphatic heterocycles. The van der Waals surface area contributed by atoms with Crippen molar-refractivity contribution in [3.05, 3.63) is 0 Å². The molecule has 0 spiro atoms. The fraction of sp³-hybridized carbons (Fsp3) is 0.895. The molecule has 148 valence electrons. The van der Waals surface area contributed by atoms with Crippen molar-refractivity contribution in [3.63, 3.8) is 0 Å². The Morgan fingerprint density at radius 3 is 2.50 bits per heavy atom. The fourth-order valence-electron chi connectivity index (χ4n) is 4.49. The lowest BCUT2D eigenvalue weighted by Gasteiger charge is -2.45. The van der Waals surface area contributed by atoms with E-state index in [-0.39, 0.29) is 17.7 Å². The summed E-state index contributed by atoms with van der Waals surface area (Å²) in [4.78, 5) is 29.3. The summed E-state index contributed by atoms with van der Waals surface area (Å²) in [5.41, 5.74) is 5.62. The highest BCUT2D eigenvalue weighted by molar-refractivity contribution is 5.87. The van der Waals surface area contributed by atoms with Crippen LogP contribution in [0.5, 0.6) is 0 Å². The molecule has 26 heavy (non-hydrogen) atoms. The number of hydrogen-bond acceptors (Lipinski definition) is 5. The number of hydrogen-bond donors (Lipinski definition) is 2. The second-order valence-electron chi connectivity index (χ2n) is 8.15. The molecule has 3 aliphatic rings. The van der Waals surface area contributed by atoms with E-state index >= 15 is 0 Å². The van der Waals surface area contributed by atoms with Crippen LogP contribution < -0.4 is 11.1 Å². The molecule has 0 bridgehead atoms. The van der Waals surface area contributed by atoms with Crippen molar-refractivity contribution in [2.75, 3.05) is 46.4 Å². The van der Waals surface area contributed by atoms with E-state index in [9.17, 15) is 9.59 Å². The van der Waals surface area contributed by atoms with E-state index < -0.39 is 5.54 Å². The number of carbonyl (C=O) groups excluding carboxylic acids is 2. The molecule has 1 aliphatic carbocycles. The number of likely N-dealkylation sites (tertiary alicyclic amines) is 2. The highest BCUT2D eigenvalue weighted by atomic mass is 16.5. The summed E-state index contributed by atoms with van der Waals surface area (Å²) in [6, 6.07) is 0.476. The molecule has 1 saturated carbocycles. The minimum Gasteiger partial charge on any atom is -0.383 e. The maximum atomic E-state index is 12.6. The first kappa shape index (κ1) is 19.6. The molecular formula is C19H34N4O3. The van der Waals surface area contributed by atoms with Gasteiger partial charge in [-0.25, -0.2) is 0 Å². The van der Waals surface area contributed by atoms with Gasteiger partial charge in [-0.3, -0.25) is 14.5 Å². The Kier molecular flexibility index (Phi) is 6.53. The molecule has 0 unspecified atom stereocenters. The number of methoxy groups -OCH3 is 1. The third-order valence-electron chi connectivity index (χ3n) is 6.37. The van der Waals surface area contributed by atoms with Gasteiger partial charge in [0.25, 0.3) is 0 Å². The van der Waals surface area contributed by atoms with E-state index in [0.717, 1.165) is 71.1 Å². The maximum Gasteiger partial charge on any atom is 0.242 e. The maximum absolute atomic E-state index is 12.6. The molecule has 3 fully saturated rings. The fourth-order valence-corrected chi connectivity index (χ4v) is 4.49. The zero-order valence-corrected chi connectivity index (χ0v) is 16.0. The highest BCUT2D eigenvalue weighted by Crippen LogP contribution is 2.32. The first-order chi connectivity index (χ1) is 12.5. The summed E-state index contributed by atoms with van der Waals surface area (Å²) >= 11 is 0. The van der Waals surface area contributed by atoms with Crippen LogP contribution in [0.2, 0.25) is 0 Å². The predicted molar refractivity (Wildman–Crippen MR) is 99.6 cm³/mol. The molecule has 1 atom stereocenters. The molecule has 7 nitrogen and oxygen atoms in total. The summed E-state index contributed by atoms with van der Waals surface area (Å²) < 4.78 is 5.00. The van der Waals surface area contributed by atoms with Gasteiger partial charge in [-0.15, -0.1) is 0 Å². The number of ether oxygens (including phenoxy) is 1. The van der Waals surface area contributed by atoms with Gasteiger partial charge < -0.3 is 20.7 Å². The molecular weight excluding hydrogens is 332 g/mol. The Morgan fingerprint density at radius 1 is 1.15 bits per heavy atom. The van der Waals surface area contributed by atoms with E-state index in [2.05, 4.69) is 10.2 Å². The molecule has 0 radical (unpaired) electrons. The van der Waals surface area contributed by atoms with Crippen molar-refractivity contribution in [3.8, 4) is 0 Å². The summed E-state index contributed by atoms with van der Waals surface area (Å²) in [7, 11) is 1.64. The van der Waals surface area contributed by atoms with Crippen LogP contribution in [0.15, 0.2) is 0 Å². The van der Waals surface area contributed by atoms with Crippen molar-refractivity contribution in [2.45, 2.75) is 56.5 Å². The summed E-state index contributed by atoms with van der Waals surface area (Å²) in [6.07, 6.45) is 6.73. The van der Waals surface area contributed by atoms with Gasteiger partial charge in [-0.2, -0.15) is 0 Å². The number of rotatable bonds is 6. The molecule has 2 heterocycles. The van der Waals surface area contributed by atoms with Gasteiger partial charge in [0.05, 0.1) is 18.1 Å². The van der Waals surface area contributed by atoms with Crippen LogP contribution in [0.4, 0.5) is 0 Å². The monoisotopic (exact) mass is 366 g/mol. The topological polar surface area (TPSA) is 87.9 Å². The molecule has 2 amide bonds. The smallest absolute Gasteiger partial charge is 0.242 e. The lowest BCUT2D eigenvalue weighted by molar-refractivity contribution is -0.141. The summed E-state index contributed by atoms with van der Waals surface area (Å²) in [5, 5.41) is 2.97. The van der Waals surface area contributed by atoms with Gasteiger partial charge in [0.15, 0.2) is 0 Å². The highest BCUT2D eigenvalue weighted by Gasteiger charge is 2.43. The number of nitrogens with zero attached hydrogens (tertiary/aromatic N) is 2. The van der Waals surface area contributed by atoms with Crippen molar-refractivity contribution in [1.29, 1.82) is 0 Å². The molecule has 3 N–H and O–H groups in total. The zero-order chi connectivity index (χ0) is 18.6. The first-order valence-corrected chi connectivity index (χ1v) is 10.1. The Bertz CT molecular complexity index is 501. The van der Waals surface area contributed by atoms with E-state index in [1.165, 1.54) is 0 Å². The summed E-state index contributed by atoms with van der Waals surface area (Å²) in [6.45, 7) is 4.61. The van der Waals surface area contributed by atoms with Gasteiger partial charge in [-0.05, 0) is 51.5 Å². The number of nitrogens with one attached hydrogen (secondary N) is 1. The average molecular weight is 367 g/mol. The molecule has 7 heteroatoms. The van der Waals surface area contributed by atoms with Crippen molar-refractivity contribution in [1.82, 2.24) is 15.1 Å². The lowest BCUT2D eigenvalue weighted by atomic mass is 9.76. The Labute approximate surface area is 156 Å². The standard InChI is InChI=1S/C19H34N4O3/c1-26-13-9-21-17(24)15-4-2-10-23(14-15)16-5-11-22(12-6-16)18(25)19(20)7-3-8-19/h15-16H,2-14,20H2,1H3,(H,21,24)/t15-/m1/s1. The predicted octanol–water partition coefficient (Wildman–Crippen LogP) is 0.333. The second kappa shape index (κ2) is 8.67. The quantitative estimate of drug-likeness (QED) is 0.662. The number of piperidine rings is 2. The Balaban J connectivity index is 1.45. The van der Waals surface area contributed by atoms with Crippen LogP contribution in [-0.2, 0) is 14.3 Å². The third kappa shape index (κ3) is 4.38. The molecule has 0 aromatic rings. The number of nitrogens with two attached hydrogens (primary N) is 1.